The first-order valence-electron chi connectivity index (χ1n) is 7.63. The molecule has 1 aromatic heterocycles. The molecule has 1 saturated carbocycles. The maximum Gasteiger partial charge on any atom is 0.0708 e. The zero-order valence-corrected chi connectivity index (χ0v) is 11.8. The van der Waals surface area contributed by atoms with Gasteiger partial charge in [-0.25, -0.2) is 0 Å². The van der Waals surface area contributed by atoms with E-state index in [0.717, 1.165) is 11.8 Å². The van der Waals surface area contributed by atoms with Crippen LogP contribution < -0.4 is 0 Å². The van der Waals surface area contributed by atoms with Crippen LogP contribution in [0.4, 0.5) is 0 Å². The van der Waals surface area contributed by atoms with E-state index in [4.69, 9.17) is 4.98 Å². The molecule has 98 valence electrons. The van der Waals surface area contributed by atoms with Crippen molar-refractivity contribution in [3.63, 3.8) is 0 Å². The van der Waals surface area contributed by atoms with Gasteiger partial charge in [-0.15, -0.1) is 0 Å². The predicted octanol–water partition coefficient (Wildman–Crippen LogP) is 4.48. The molecule has 0 saturated heterocycles. The molecule has 0 unspecified atom stereocenters. The molecule has 1 atom stereocenters. The Kier molecular flexibility index (Phi) is 2.45. The van der Waals surface area contributed by atoms with E-state index in [-0.39, 0.29) is 0 Å². The highest BCUT2D eigenvalue weighted by molar-refractivity contribution is 5.80. The van der Waals surface area contributed by atoms with Gasteiger partial charge in [0.1, 0.15) is 0 Å². The number of fused-ring (bicyclic) bond motifs is 2. The second-order valence-electron chi connectivity index (χ2n) is 6.71. The molecule has 1 aromatic carbocycles. The fraction of sp³-hybridized carbons (Fsp3) is 0.500. The molecular weight excluding hydrogens is 230 g/mol. The molecule has 1 heteroatoms. The quantitative estimate of drug-likeness (QED) is 0.766. The summed E-state index contributed by atoms with van der Waals surface area (Å²) in [5.74, 6) is 2.48. The summed E-state index contributed by atoms with van der Waals surface area (Å²) in [6.45, 7) is 4.50. The van der Waals surface area contributed by atoms with Gasteiger partial charge >= 0.3 is 0 Å². The maximum absolute atomic E-state index is 4.96. The Morgan fingerprint density at radius 2 is 1.89 bits per heavy atom. The zero-order valence-electron chi connectivity index (χ0n) is 11.8. The van der Waals surface area contributed by atoms with Gasteiger partial charge in [-0.05, 0) is 66.7 Å². The average molecular weight is 251 g/mol. The van der Waals surface area contributed by atoms with Crippen molar-refractivity contribution in [3.05, 3.63) is 41.1 Å². The molecule has 2 aliphatic carbocycles. The van der Waals surface area contributed by atoms with E-state index < -0.39 is 0 Å². The number of benzene rings is 1. The van der Waals surface area contributed by atoms with Crippen LogP contribution >= 0.6 is 0 Å². The summed E-state index contributed by atoms with van der Waals surface area (Å²) in [6.07, 6.45) is 5.40. The summed E-state index contributed by atoms with van der Waals surface area (Å²) < 4.78 is 0. The largest absolute Gasteiger partial charge is 0.253 e. The zero-order chi connectivity index (χ0) is 13.0. The van der Waals surface area contributed by atoms with E-state index in [0.29, 0.717) is 5.92 Å². The van der Waals surface area contributed by atoms with Gasteiger partial charge < -0.3 is 0 Å². The number of hydrogen-bond acceptors (Lipinski definition) is 1. The fourth-order valence-corrected chi connectivity index (χ4v) is 3.48. The summed E-state index contributed by atoms with van der Waals surface area (Å²) in [6, 6.07) is 9.19. The second-order valence-corrected chi connectivity index (χ2v) is 6.71. The van der Waals surface area contributed by atoms with Gasteiger partial charge in [0.25, 0.3) is 0 Å². The van der Waals surface area contributed by atoms with Crippen molar-refractivity contribution in [2.24, 2.45) is 11.8 Å². The van der Waals surface area contributed by atoms with Crippen LogP contribution in [0.5, 0.6) is 0 Å². The summed E-state index contributed by atoms with van der Waals surface area (Å²) in [5.41, 5.74) is 5.49. The van der Waals surface area contributed by atoms with Crippen molar-refractivity contribution in [2.45, 2.75) is 45.4 Å². The fourth-order valence-electron chi connectivity index (χ4n) is 3.48. The van der Waals surface area contributed by atoms with Crippen LogP contribution in [0.1, 0.15) is 49.4 Å². The summed E-state index contributed by atoms with van der Waals surface area (Å²) in [4.78, 5) is 4.96. The predicted molar refractivity (Wildman–Crippen MR) is 79.5 cm³/mol. The van der Waals surface area contributed by atoms with Crippen LogP contribution in [-0.4, -0.2) is 4.98 Å². The molecule has 1 fully saturated rings. The molecule has 4 rings (SSSR count). The van der Waals surface area contributed by atoms with Crippen LogP contribution in [0.2, 0.25) is 0 Å². The van der Waals surface area contributed by atoms with E-state index in [1.807, 2.05) is 0 Å². The molecule has 2 aliphatic rings. The lowest BCUT2D eigenvalue weighted by atomic mass is 10.00. The first-order valence-corrected chi connectivity index (χ1v) is 7.63. The lowest BCUT2D eigenvalue weighted by Gasteiger charge is -2.08. The third kappa shape index (κ3) is 1.96. The van der Waals surface area contributed by atoms with Gasteiger partial charge in [0.2, 0.25) is 0 Å². The molecule has 0 spiro atoms. The number of nitrogens with zero attached hydrogens (tertiary/aromatic N) is 1. The summed E-state index contributed by atoms with van der Waals surface area (Å²) >= 11 is 0. The summed E-state index contributed by atoms with van der Waals surface area (Å²) in [7, 11) is 0. The van der Waals surface area contributed by atoms with Gasteiger partial charge in [-0.2, -0.15) is 0 Å². The Morgan fingerprint density at radius 1 is 1.05 bits per heavy atom. The Morgan fingerprint density at radius 3 is 2.63 bits per heavy atom. The number of hydrogen-bond donors (Lipinski definition) is 0. The minimum atomic E-state index is 0.582. The van der Waals surface area contributed by atoms with E-state index in [2.05, 4.69) is 38.1 Å². The maximum atomic E-state index is 4.96. The SMILES string of the molecule is CC(C)c1ccc2cc3c(nc2c1)C[C@H](C1CC1)C3. The van der Waals surface area contributed by atoms with Gasteiger partial charge in [-0.3, -0.25) is 4.98 Å². The van der Waals surface area contributed by atoms with Crippen LogP contribution in [0.25, 0.3) is 10.9 Å². The number of rotatable bonds is 2. The highest BCUT2D eigenvalue weighted by Gasteiger charge is 2.35. The van der Waals surface area contributed by atoms with E-state index >= 15 is 0 Å². The highest BCUT2D eigenvalue weighted by Crippen LogP contribution is 2.44. The normalized spacial score (nSPS) is 22.2. The van der Waals surface area contributed by atoms with E-state index in [1.54, 1.807) is 0 Å². The molecule has 19 heavy (non-hydrogen) atoms. The number of aromatic nitrogens is 1. The van der Waals surface area contributed by atoms with Crippen LogP contribution in [0, 0.1) is 11.8 Å². The third-order valence-electron chi connectivity index (χ3n) is 4.90. The van der Waals surface area contributed by atoms with E-state index in [9.17, 15) is 0 Å². The third-order valence-corrected chi connectivity index (χ3v) is 4.90. The Balaban J connectivity index is 1.76. The Hall–Kier alpha value is -1.37. The Labute approximate surface area is 115 Å². The monoisotopic (exact) mass is 251 g/mol. The highest BCUT2D eigenvalue weighted by atomic mass is 14.7. The van der Waals surface area contributed by atoms with Crippen molar-refractivity contribution in [1.82, 2.24) is 4.98 Å². The molecule has 0 aliphatic heterocycles. The van der Waals surface area contributed by atoms with Gasteiger partial charge in [0.05, 0.1) is 5.52 Å². The topological polar surface area (TPSA) is 12.9 Å². The van der Waals surface area contributed by atoms with Crippen molar-refractivity contribution in [2.75, 3.05) is 0 Å². The second kappa shape index (κ2) is 4.06. The smallest absolute Gasteiger partial charge is 0.0708 e. The minimum absolute atomic E-state index is 0.582. The first kappa shape index (κ1) is 11.5. The van der Waals surface area contributed by atoms with Crippen LogP contribution in [0.15, 0.2) is 24.3 Å². The minimum Gasteiger partial charge on any atom is -0.253 e. The first-order chi connectivity index (χ1) is 9.20. The van der Waals surface area contributed by atoms with Gasteiger partial charge in [0.15, 0.2) is 0 Å². The number of pyridine rings is 1. The van der Waals surface area contributed by atoms with Gasteiger partial charge in [0, 0.05) is 11.1 Å². The van der Waals surface area contributed by atoms with Crippen molar-refractivity contribution < 1.29 is 0 Å². The van der Waals surface area contributed by atoms with E-state index in [1.165, 1.54) is 53.4 Å². The van der Waals surface area contributed by atoms with Crippen LogP contribution in [-0.2, 0) is 12.8 Å². The molecule has 1 nitrogen and oxygen atoms in total. The van der Waals surface area contributed by atoms with Crippen molar-refractivity contribution >= 4 is 10.9 Å². The standard InChI is InChI=1S/C18H21N/c1-11(2)13-5-6-14-7-16-8-15(12-3-4-12)10-18(16)19-17(14)9-13/h5-7,9,11-12,15H,3-4,8,10H2,1-2H3/t15-/m1/s1. The molecule has 0 bridgehead atoms. The molecule has 0 N–H and O–H groups in total. The van der Waals surface area contributed by atoms with Gasteiger partial charge in [-0.1, -0.05) is 26.0 Å². The molecule has 1 heterocycles. The molecule has 0 radical (unpaired) electrons. The molecular formula is C18H21N. The Bertz CT molecular complexity index is 637. The lowest BCUT2D eigenvalue weighted by molar-refractivity contribution is 0.488. The average Bonchev–Trinajstić information content (AvgIpc) is 3.16. The summed E-state index contributed by atoms with van der Waals surface area (Å²) in [5, 5.41) is 1.32. The molecule has 0 amide bonds. The molecule has 2 aromatic rings. The van der Waals surface area contributed by atoms with Crippen LogP contribution in [0.3, 0.4) is 0 Å². The van der Waals surface area contributed by atoms with Crippen molar-refractivity contribution in [3.8, 4) is 0 Å². The van der Waals surface area contributed by atoms with Crippen molar-refractivity contribution in [1.29, 1.82) is 0 Å². The lowest BCUT2D eigenvalue weighted by Crippen LogP contribution is -2.01.